The van der Waals surface area contributed by atoms with E-state index in [0.717, 1.165) is 28.4 Å². The number of carbonyl (C=O) groups excluding carboxylic acids is 1. The number of H-pyrrole nitrogens is 1. The molecule has 5 heterocycles. The summed E-state index contributed by atoms with van der Waals surface area (Å²) in [5.41, 5.74) is 4.28. The maximum Gasteiger partial charge on any atom is 0.255 e. The third kappa shape index (κ3) is 2.53. The Morgan fingerprint density at radius 1 is 1.07 bits per heavy atom. The maximum atomic E-state index is 13.0. The van der Waals surface area contributed by atoms with Gasteiger partial charge in [0, 0.05) is 32.5 Å². The lowest BCUT2D eigenvalue weighted by Crippen LogP contribution is -2.48. The molecule has 0 bridgehead atoms. The molecule has 0 unspecified atom stereocenters. The van der Waals surface area contributed by atoms with Gasteiger partial charge in [0.05, 0.1) is 28.2 Å². The first-order valence-electron chi connectivity index (χ1n) is 9.88. The Hall–Kier alpha value is -3.94. The molecule has 1 saturated heterocycles. The number of aromatic amines is 1. The van der Waals surface area contributed by atoms with Crippen molar-refractivity contribution in [3.05, 3.63) is 72.3 Å². The number of hydrogen-bond donors (Lipinski definition) is 1. The predicted octanol–water partition coefficient (Wildman–Crippen LogP) is 2.85. The molecular weight excluding hydrogens is 378 g/mol. The average molecular weight is 397 g/mol. The number of imidazole rings is 1. The second kappa shape index (κ2) is 6.28. The summed E-state index contributed by atoms with van der Waals surface area (Å²) in [7, 11) is 1.96. The molecule has 1 fully saturated rings. The molecule has 8 heteroatoms. The zero-order chi connectivity index (χ0) is 20.2. The Balaban J connectivity index is 1.25. The number of para-hydroxylation sites is 2. The largest absolute Gasteiger partial charge is 0.348 e. The molecule has 1 amide bonds. The van der Waals surface area contributed by atoms with E-state index in [1.807, 2.05) is 81.8 Å². The smallest absolute Gasteiger partial charge is 0.255 e. The molecule has 30 heavy (non-hydrogen) atoms. The van der Waals surface area contributed by atoms with Gasteiger partial charge >= 0.3 is 0 Å². The van der Waals surface area contributed by atoms with Gasteiger partial charge in [-0.2, -0.15) is 0 Å². The third-order valence-corrected chi connectivity index (χ3v) is 5.79. The molecule has 0 radical (unpaired) electrons. The summed E-state index contributed by atoms with van der Waals surface area (Å²) in [6.07, 6.45) is 3.79. The molecule has 8 nitrogen and oxygen atoms in total. The number of nitrogens with zero attached hydrogens (tertiary/aromatic N) is 6. The van der Waals surface area contributed by atoms with Crippen LogP contribution in [0.15, 0.2) is 60.9 Å². The van der Waals surface area contributed by atoms with Crippen molar-refractivity contribution in [2.24, 2.45) is 7.05 Å². The lowest BCUT2D eigenvalue weighted by atomic mass is 9.98. The van der Waals surface area contributed by atoms with Crippen molar-refractivity contribution in [1.82, 2.24) is 34.0 Å². The number of hydrogen-bond acceptors (Lipinski definition) is 4. The van der Waals surface area contributed by atoms with Crippen LogP contribution in [0.5, 0.6) is 0 Å². The number of benzene rings is 1. The van der Waals surface area contributed by atoms with Crippen molar-refractivity contribution in [2.75, 3.05) is 13.1 Å². The second-order valence-electron chi connectivity index (χ2n) is 7.72. The van der Waals surface area contributed by atoms with E-state index in [9.17, 15) is 4.79 Å². The Kier molecular flexibility index (Phi) is 3.55. The predicted molar refractivity (Wildman–Crippen MR) is 112 cm³/mol. The lowest BCUT2D eigenvalue weighted by molar-refractivity contribution is 0.0595. The fourth-order valence-electron chi connectivity index (χ4n) is 4.05. The van der Waals surface area contributed by atoms with Crippen molar-refractivity contribution in [3.8, 4) is 11.5 Å². The van der Waals surface area contributed by atoms with E-state index in [1.165, 1.54) is 0 Å². The molecule has 0 spiro atoms. The van der Waals surface area contributed by atoms with E-state index in [1.54, 1.807) is 0 Å². The number of nitrogens with one attached hydrogen (secondary N) is 1. The molecule has 0 atom stereocenters. The average Bonchev–Trinajstić information content (AvgIpc) is 3.43. The van der Waals surface area contributed by atoms with Crippen LogP contribution in [0.4, 0.5) is 0 Å². The molecule has 1 aromatic carbocycles. The van der Waals surface area contributed by atoms with Gasteiger partial charge < -0.3 is 14.5 Å². The molecule has 1 N–H and O–H groups in total. The van der Waals surface area contributed by atoms with Gasteiger partial charge in [0.25, 0.3) is 5.91 Å². The summed E-state index contributed by atoms with van der Waals surface area (Å²) in [5.74, 6) is 1.91. The van der Waals surface area contributed by atoms with Gasteiger partial charge in [-0.1, -0.05) is 12.1 Å². The van der Waals surface area contributed by atoms with Gasteiger partial charge in [-0.15, -0.1) is 10.2 Å². The van der Waals surface area contributed by atoms with Crippen LogP contribution in [0.25, 0.3) is 28.2 Å². The highest BCUT2D eigenvalue weighted by molar-refractivity contribution is 5.95. The van der Waals surface area contributed by atoms with Crippen molar-refractivity contribution >= 4 is 22.6 Å². The molecule has 0 aliphatic carbocycles. The minimum absolute atomic E-state index is 0.00999. The summed E-state index contributed by atoms with van der Waals surface area (Å²) < 4.78 is 3.86. The first kappa shape index (κ1) is 17.0. The highest BCUT2D eigenvalue weighted by atomic mass is 16.2. The van der Waals surface area contributed by atoms with Crippen LogP contribution < -0.4 is 0 Å². The third-order valence-electron chi connectivity index (χ3n) is 5.79. The van der Waals surface area contributed by atoms with Gasteiger partial charge in [-0.25, -0.2) is 4.98 Å². The summed E-state index contributed by atoms with van der Waals surface area (Å²) in [4.78, 5) is 22.9. The number of rotatable bonds is 3. The van der Waals surface area contributed by atoms with Gasteiger partial charge in [0.15, 0.2) is 11.5 Å². The van der Waals surface area contributed by atoms with Crippen LogP contribution in [-0.2, 0) is 7.05 Å². The van der Waals surface area contributed by atoms with Crippen LogP contribution in [-0.4, -0.2) is 53.0 Å². The van der Waals surface area contributed by atoms with Crippen molar-refractivity contribution in [1.29, 1.82) is 0 Å². The number of amides is 1. The van der Waals surface area contributed by atoms with Crippen LogP contribution in [0.3, 0.4) is 0 Å². The highest BCUT2D eigenvalue weighted by Crippen LogP contribution is 2.28. The molecule has 5 aromatic rings. The quantitative estimate of drug-likeness (QED) is 0.507. The van der Waals surface area contributed by atoms with Crippen LogP contribution in [0, 0.1) is 0 Å². The molecular formula is C22H19N7O. The number of pyridine rings is 1. The maximum absolute atomic E-state index is 13.0. The standard InChI is InChI=1S/C22H19N7O/c1-27-10-4-7-18(27)21-26-25-19-9-8-14(13-29(19)21)22(30)28-11-15(12-28)20-23-16-5-2-3-6-17(16)24-20/h2-10,13,15H,11-12H2,1H3,(H,23,24). The number of aromatic nitrogens is 6. The Morgan fingerprint density at radius 2 is 1.93 bits per heavy atom. The second-order valence-corrected chi connectivity index (χ2v) is 7.72. The van der Waals surface area contributed by atoms with Crippen LogP contribution in [0.2, 0.25) is 0 Å². The first-order chi connectivity index (χ1) is 14.7. The van der Waals surface area contributed by atoms with Crippen molar-refractivity contribution in [3.63, 3.8) is 0 Å². The zero-order valence-corrected chi connectivity index (χ0v) is 16.4. The molecule has 6 rings (SSSR count). The zero-order valence-electron chi connectivity index (χ0n) is 16.4. The SMILES string of the molecule is Cn1cccc1-c1nnc2ccc(C(=O)N3CC(c4nc5ccccc5[nH]4)C3)cn12. The minimum atomic E-state index is 0.00999. The molecule has 0 saturated carbocycles. The highest BCUT2D eigenvalue weighted by Gasteiger charge is 2.34. The monoisotopic (exact) mass is 397 g/mol. The Morgan fingerprint density at radius 3 is 2.73 bits per heavy atom. The topological polar surface area (TPSA) is 84.1 Å². The number of carbonyl (C=O) groups is 1. The van der Waals surface area contributed by atoms with E-state index < -0.39 is 0 Å². The normalized spacial score (nSPS) is 14.5. The van der Waals surface area contributed by atoms with Crippen molar-refractivity contribution in [2.45, 2.75) is 5.92 Å². The number of fused-ring (bicyclic) bond motifs is 2. The molecule has 1 aliphatic rings. The van der Waals surface area contributed by atoms with Gasteiger partial charge in [0.2, 0.25) is 0 Å². The van der Waals surface area contributed by atoms with Crippen molar-refractivity contribution < 1.29 is 4.79 Å². The molecule has 4 aromatic heterocycles. The number of likely N-dealkylation sites (tertiary alicyclic amines) is 1. The van der Waals surface area contributed by atoms with Crippen LogP contribution >= 0.6 is 0 Å². The van der Waals surface area contributed by atoms with Gasteiger partial charge in [-0.05, 0) is 36.4 Å². The molecule has 148 valence electrons. The van der Waals surface area contributed by atoms with Gasteiger partial charge in [-0.3, -0.25) is 9.20 Å². The summed E-state index contributed by atoms with van der Waals surface area (Å²) in [6.45, 7) is 1.31. The molecule has 1 aliphatic heterocycles. The summed E-state index contributed by atoms with van der Waals surface area (Å²) >= 11 is 0. The van der Waals surface area contributed by atoms with Crippen LogP contribution in [0.1, 0.15) is 22.1 Å². The van der Waals surface area contributed by atoms with E-state index in [0.29, 0.717) is 24.3 Å². The first-order valence-corrected chi connectivity index (χ1v) is 9.88. The summed E-state index contributed by atoms with van der Waals surface area (Å²) in [5, 5.41) is 8.54. The van der Waals surface area contributed by atoms with E-state index in [-0.39, 0.29) is 11.8 Å². The summed E-state index contributed by atoms with van der Waals surface area (Å²) in [6, 6.07) is 15.6. The Bertz CT molecular complexity index is 1370. The minimum Gasteiger partial charge on any atom is -0.348 e. The fraction of sp³-hybridized carbons (Fsp3) is 0.182. The van der Waals surface area contributed by atoms with Gasteiger partial charge in [0.1, 0.15) is 5.82 Å². The van der Waals surface area contributed by atoms with E-state index in [2.05, 4.69) is 20.2 Å². The van der Waals surface area contributed by atoms with E-state index >= 15 is 0 Å². The lowest BCUT2D eigenvalue weighted by Gasteiger charge is -2.38. The fourth-order valence-corrected chi connectivity index (χ4v) is 4.05. The van der Waals surface area contributed by atoms with E-state index in [4.69, 9.17) is 0 Å². The Labute approximate surface area is 171 Å². The number of aryl methyl sites for hydroxylation is 1.